The molecule has 2 N–H and O–H groups in total. The van der Waals surface area contributed by atoms with Crippen molar-refractivity contribution in [3.05, 3.63) is 29.8 Å². The molecule has 18 heavy (non-hydrogen) atoms. The molecule has 3 heteroatoms. The first-order valence-electron chi connectivity index (χ1n) is 6.70. The molecule has 2 rings (SSSR count). The maximum atomic E-state index is 10.5. The van der Waals surface area contributed by atoms with Gasteiger partial charge in [0.1, 0.15) is 5.75 Å². The Hall–Kier alpha value is -1.06. The Morgan fingerprint density at radius 1 is 1.33 bits per heavy atom. The van der Waals surface area contributed by atoms with Gasteiger partial charge < -0.3 is 15.2 Å². The Kier molecular flexibility index (Phi) is 4.25. The molecule has 3 nitrogen and oxygen atoms in total. The van der Waals surface area contributed by atoms with Crippen LogP contribution >= 0.6 is 0 Å². The van der Waals surface area contributed by atoms with Crippen LogP contribution < -0.4 is 10.1 Å². The molecule has 0 radical (unpaired) electrons. The van der Waals surface area contributed by atoms with Crippen LogP contribution in [0.1, 0.15) is 31.2 Å². The third-order valence-corrected chi connectivity index (χ3v) is 4.15. The molecular weight excluding hydrogens is 226 g/mol. The lowest BCUT2D eigenvalue weighted by Gasteiger charge is -2.42. The SMILES string of the molecule is CNC[C@@]1(c2ccc(OC)cc2)CCCC[C@@H]1O. The Labute approximate surface area is 109 Å². The van der Waals surface area contributed by atoms with E-state index >= 15 is 0 Å². The van der Waals surface area contributed by atoms with Crippen molar-refractivity contribution >= 4 is 0 Å². The summed E-state index contributed by atoms with van der Waals surface area (Å²) in [6.07, 6.45) is 4.00. The van der Waals surface area contributed by atoms with E-state index in [4.69, 9.17) is 4.74 Å². The second-order valence-electron chi connectivity index (χ2n) is 5.18. The molecule has 0 amide bonds. The zero-order valence-corrected chi connectivity index (χ0v) is 11.3. The van der Waals surface area contributed by atoms with Gasteiger partial charge in [0.25, 0.3) is 0 Å². The lowest BCUT2D eigenvalue weighted by atomic mass is 9.67. The topological polar surface area (TPSA) is 41.5 Å². The van der Waals surface area contributed by atoms with Crippen molar-refractivity contribution in [3.8, 4) is 5.75 Å². The third-order valence-electron chi connectivity index (χ3n) is 4.15. The molecule has 1 fully saturated rings. The van der Waals surface area contributed by atoms with Gasteiger partial charge in [-0.25, -0.2) is 0 Å². The van der Waals surface area contributed by atoms with Crippen LogP contribution in [0.5, 0.6) is 5.75 Å². The molecule has 0 spiro atoms. The summed E-state index contributed by atoms with van der Waals surface area (Å²) in [4.78, 5) is 0. The number of benzene rings is 1. The predicted molar refractivity (Wildman–Crippen MR) is 73.1 cm³/mol. The minimum atomic E-state index is -0.257. The van der Waals surface area contributed by atoms with Gasteiger partial charge in [0, 0.05) is 12.0 Å². The molecule has 1 aromatic carbocycles. The van der Waals surface area contributed by atoms with Gasteiger partial charge in [0.15, 0.2) is 0 Å². The van der Waals surface area contributed by atoms with Crippen LogP contribution in [0.15, 0.2) is 24.3 Å². The monoisotopic (exact) mass is 249 g/mol. The van der Waals surface area contributed by atoms with Crippen LogP contribution in [0.3, 0.4) is 0 Å². The van der Waals surface area contributed by atoms with Gasteiger partial charge in [-0.3, -0.25) is 0 Å². The zero-order chi connectivity index (χ0) is 13.0. The predicted octanol–water partition coefficient (Wildman–Crippen LogP) is 2.09. The summed E-state index contributed by atoms with van der Waals surface area (Å²) in [5.74, 6) is 0.864. The van der Waals surface area contributed by atoms with E-state index < -0.39 is 0 Å². The first kappa shape index (κ1) is 13.4. The van der Waals surface area contributed by atoms with E-state index in [0.717, 1.165) is 31.6 Å². The number of hydrogen-bond acceptors (Lipinski definition) is 3. The van der Waals surface area contributed by atoms with Gasteiger partial charge in [-0.1, -0.05) is 25.0 Å². The smallest absolute Gasteiger partial charge is 0.118 e. The van der Waals surface area contributed by atoms with E-state index in [1.807, 2.05) is 19.2 Å². The fourth-order valence-corrected chi connectivity index (χ4v) is 3.10. The number of ether oxygens (including phenoxy) is 1. The largest absolute Gasteiger partial charge is 0.497 e. The lowest BCUT2D eigenvalue weighted by Crippen LogP contribution is -2.48. The van der Waals surface area contributed by atoms with E-state index in [0.29, 0.717) is 0 Å². The molecule has 0 bridgehead atoms. The number of aliphatic hydroxyl groups excluding tert-OH is 1. The average molecular weight is 249 g/mol. The van der Waals surface area contributed by atoms with Crippen LogP contribution in [0.25, 0.3) is 0 Å². The van der Waals surface area contributed by atoms with Crippen molar-refractivity contribution in [2.75, 3.05) is 20.7 Å². The van der Waals surface area contributed by atoms with Crippen molar-refractivity contribution in [2.45, 2.75) is 37.2 Å². The van der Waals surface area contributed by atoms with E-state index in [-0.39, 0.29) is 11.5 Å². The first-order chi connectivity index (χ1) is 8.73. The molecule has 1 saturated carbocycles. The van der Waals surface area contributed by atoms with Gasteiger partial charge in [0.05, 0.1) is 13.2 Å². The van der Waals surface area contributed by atoms with Crippen LogP contribution in [0.4, 0.5) is 0 Å². The molecule has 1 aliphatic rings. The van der Waals surface area contributed by atoms with Gasteiger partial charge >= 0.3 is 0 Å². The maximum absolute atomic E-state index is 10.5. The minimum absolute atomic E-state index is 0.140. The summed E-state index contributed by atoms with van der Waals surface area (Å²) in [6, 6.07) is 8.14. The Bertz CT molecular complexity index is 373. The fraction of sp³-hybridized carbons (Fsp3) is 0.600. The van der Waals surface area contributed by atoms with Gasteiger partial charge in [-0.15, -0.1) is 0 Å². The molecule has 0 aromatic heterocycles. The van der Waals surface area contributed by atoms with Crippen molar-refractivity contribution in [1.82, 2.24) is 5.32 Å². The Morgan fingerprint density at radius 2 is 2.06 bits per heavy atom. The summed E-state index contributed by atoms with van der Waals surface area (Å²) in [5.41, 5.74) is 1.07. The van der Waals surface area contributed by atoms with Crippen LogP contribution in [0, 0.1) is 0 Å². The average Bonchev–Trinajstić information content (AvgIpc) is 2.42. The Balaban J connectivity index is 2.32. The number of aliphatic hydroxyl groups is 1. The quantitative estimate of drug-likeness (QED) is 0.858. The second kappa shape index (κ2) is 5.72. The third kappa shape index (κ3) is 2.38. The molecule has 100 valence electrons. The summed E-state index contributed by atoms with van der Waals surface area (Å²) in [5, 5.41) is 13.7. The van der Waals surface area contributed by atoms with Crippen molar-refractivity contribution in [2.24, 2.45) is 0 Å². The number of hydrogen-bond donors (Lipinski definition) is 2. The molecule has 0 unspecified atom stereocenters. The zero-order valence-electron chi connectivity index (χ0n) is 11.3. The molecular formula is C15H23NO2. The lowest BCUT2D eigenvalue weighted by molar-refractivity contribution is 0.0424. The molecule has 0 aliphatic heterocycles. The van der Waals surface area contributed by atoms with Crippen molar-refractivity contribution in [3.63, 3.8) is 0 Å². The maximum Gasteiger partial charge on any atom is 0.118 e. The van der Waals surface area contributed by atoms with E-state index in [2.05, 4.69) is 17.4 Å². The minimum Gasteiger partial charge on any atom is -0.497 e. The van der Waals surface area contributed by atoms with Crippen LogP contribution in [0.2, 0.25) is 0 Å². The normalized spacial score (nSPS) is 28.1. The molecule has 1 aromatic rings. The molecule has 0 heterocycles. The number of likely N-dealkylation sites (N-methyl/N-ethyl adjacent to an activating group) is 1. The van der Waals surface area contributed by atoms with Crippen LogP contribution in [-0.4, -0.2) is 31.9 Å². The summed E-state index contributed by atoms with van der Waals surface area (Å²) < 4.78 is 5.20. The summed E-state index contributed by atoms with van der Waals surface area (Å²) in [6.45, 7) is 0.820. The molecule has 2 atom stereocenters. The fourth-order valence-electron chi connectivity index (χ4n) is 3.10. The highest BCUT2D eigenvalue weighted by molar-refractivity contribution is 5.34. The second-order valence-corrected chi connectivity index (χ2v) is 5.18. The van der Waals surface area contributed by atoms with E-state index in [9.17, 15) is 5.11 Å². The first-order valence-corrected chi connectivity index (χ1v) is 6.70. The van der Waals surface area contributed by atoms with Crippen molar-refractivity contribution < 1.29 is 9.84 Å². The van der Waals surface area contributed by atoms with Gasteiger partial charge in [0.2, 0.25) is 0 Å². The van der Waals surface area contributed by atoms with Crippen LogP contribution in [-0.2, 0) is 5.41 Å². The molecule has 0 saturated heterocycles. The van der Waals surface area contributed by atoms with E-state index in [1.165, 1.54) is 12.0 Å². The van der Waals surface area contributed by atoms with Gasteiger partial charge in [-0.2, -0.15) is 0 Å². The number of methoxy groups -OCH3 is 1. The standard InChI is InChI=1S/C15H23NO2/c1-16-11-15(10-4-3-5-14(15)17)12-6-8-13(18-2)9-7-12/h6-9,14,16-17H,3-5,10-11H2,1-2H3/t14-,15+/m0/s1. The Morgan fingerprint density at radius 3 is 2.61 bits per heavy atom. The number of nitrogens with one attached hydrogen (secondary N) is 1. The molecule has 1 aliphatic carbocycles. The van der Waals surface area contributed by atoms with Gasteiger partial charge in [-0.05, 0) is 37.6 Å². The summed E-state index contributed by atoms with van der Waals surface area (Å²) >= 11 is 0. The summed E-state index contributed by atoms with van der Waals surface area (Å²) in [7, 11) is 3.63. The van der Waals surface area contributed by atoms with Crippen molar-refractivity contribution in [1.29, 1.82) is 0 Å². The number of rotatable bonds is 4. The van der Waals surface area contributed by atoms with E-state index in [1.54, 1.807) is 7.11 Å². The highest BCUT2D eigenvalue weighted by Gasteiger charge is 2.40. The highest BCUT2D eigenvalue weighted by atomic mass is 16.5. The highest BCUT2D eigenvalue weighted by Crippen LogP contribution is 2.39.